The van der Waals surface area contributed by atoms with Crippen molar-refractivity contribution in [3.63, 3.8) is 0 Å². The highest BCUT2D eigenvalue weighted by Crippen LogP contribution is 2.20. The van der Waals surface area contributed by atoms with Gasteiger partial charge in [0, 0.05) is 16.9 Å². The average Bonchev–Trinajstić information content (AvgIpc) is 3.11. The fourth-order valence-electron chi connectivity index (χ4n) is 3.50. The Labute approximate surface area is 193 Å². The number of nitrogens with one attached hydrogen (secondary N) is 2. The number of benzene rings is 3. The number of carbonyl (C=O) groups excluding carboxylic acids is 1. The Morgan fingerprint density at radius 3 is 2.33 bits per heavy atom. The monoisotopic (exact) mass is 460 g/mol. The van der Waals surface area contributed by atoms with Gasteiger partial charge in [0.05, 0.1) is 22.8 Å². The van der Waals surface area contributed by atoms with Gasteiger partial charge in [-0.15, -0.1) is 0 Å². The summed E-state index contributed by atoms with van der Waals surface area (Å²) in [5, 5.41) is 7.30. The van der Waals surface area contributed by atoms with Crippen LogP contribution in [-0.2, 0) is 16.6 Å². The molecule has 0 saturated heterocycles. The predicted molar refractivity (Wildman–Crippen MR) is 129 cm³/mol. The van der Waals surface area contributed by atoms with Crippen LogP contribution in [0, 0.1) is 13.8 Å². The van der Waals surface area contributed by atoms with E-state index in [9.17, 15) is 13.2 Å². The van der Waals surface area contributed by atoms with E-state index in [4.69, 9.17) is 0 Å². The van der Waals surface area contributed by atoms with Crippen molar-refractivity contribution in [1.82, 2.24) is 9.78 Å². The molecule has 0 saturated carbocycles. The van der Waals surface area contributed by atoms with E-state index < -0.39 is 10.0 Å². The van der Waals surface area contributed by atoms with Crippen LogP contribution in [0.3, 0.4) is 0 Å². The molecule has 1 heterocycles. The van der Waals surface area contributed by atoms with Crippen molar-refractivity contribution in [1.29, 1.82) is 0 Å². The highest BCUT2D eigenvalue weighted by molar-refractivity contribution is 7.92. The molecule has 168 valence electrons. The molecule has 4 aromatic rings. The average molecular weight is 461 g/mol. The Balaban J connectivity index is 1.47. The standard InChI is InChI=1S/C25H24N4O3S/c1-18-14-19(2)29(27-18)17-20-8-6-9-21(15-20)25(30)26-22-10-7-11-23(16-22)28-33(31,32)24-12-4-3-5-13-24/h3-16,28H,17H2,1-2H3,(H,26,30). The summed E-state index contributed by atoms with van der Waals surface area (Å²) in [4.78, 5) is 13.0. The normalized spacial score (nSPS) is 11.2. The smallest absolute Gasteiger partial charge is 0.261 e. The van der Waals surface area contributed by atoms with Crippen LogP contribution in [0.15, 0.2) is 89.8 Å². The van der Waals surface area contributed by atoms with Crippen molar-refractivity contribution >= 4 is 27.3 Å². The molecule has 33 heavy (non-hydrogen) atoms. The number of rotatable bonds is 7. The maximum Gasteiger partial charge on any atom is 0.261 e. The van der Waals surface area contributed by atoms with Crippen LogP contribution in [0.4, 0.5) is 11.4 Å². The Hall–Kier alpha value is -3.91. The highest BCUT2D eigenvalue weighted by Gasteiger charge is 2.14. The first-order chi connectivity index (χ1) is 15.8. The third-order valence-corrected chi connectivity index (χ3v) is 6.45. The van der Waals surface area contributed by atoms with Gasteiger partial charge in [0.1, 0.15) is 0 Å². The van der Waals surface area contributed by atoms with Gasteiger partial charge in [-0.3, -0.25) is 14.2 Å². The molecule has 7 nitrogen and oxygen atoms in total. The van der Waals surface area contributed by atoms with Crippen molar-refractivity contribution in [3.8, 4) is 0 Å². The summed E-state index contributed by atoms with van der Waals surface area (Å²) < 4.78 is 29.6. The summed E-state index contributed by atoms with van der Waals surface area (Å²) in [6.07, 6.45) is 0. The minimum atomic E-state index is -3.72. The molecular weight excluding hydrogens is 436 g/mol. The predicted octanol–water partition coefficient (Wildman–Crippen LogP) is 4.60. The van der Waals surface area contributed by atoms with E-state index in [0.29, 0.717) is 23.5 Å². The van der Waals surface area contributed by atoms with Gasteiger partial charge in [-0.25, -0.2) is 8.42 Å². The number of sulfonamides is 1. The van der Waals surface area contributed by atoms with Crippen molar-refractivity contribution in [2.75, 3.05) is 10.0 Å². The molecule has 0 aliphatic carbocycles. The van der Waals surface area contributed by atoms with Gasteiger partial charge < -0.3 is 5.32 Å². The molecule has 8 heteroatoms. The molecular formula is C25H24N4O3S. The van der Waals surface area contributed by atoms with E-state index in [1.165, 1.54) is 12.1 Å². The summed E-state index contributed by atoms with van der Waals surface area (Å²) in [6, 6.07) is 24.1. The first-order valence-corrected chi connectivity index (χ1v) is 11.9. The minimum Gasteiger partial charge on any atom is -0.322 e. The number of carbonyl (C=O) groups is 1. The zero-order valence-corrected chi connectivity index (χ0v) is 19.1. The van der Waals surface area contributed by atoms with Crippen molar-refractivity contribution in [2.45, 2.75) is 25.3 Å². The largest absolute Gasteiger partial charge is 0.322 e. The van der Waals surface area contributed by atoms with Crippen LogP contribution in [0.5, 0.6) is 0 Å². The third-order valence-electron chi connectivity index (χ3n) is 5.05. The lowest BCUT2D eigenvalue weighted by Crippen LogP contribution is -2.15. The van der Waals surface area contributed by atoms with E-state index in [1.54, 1.807) is 48.5 Å². The first-order valence-electron chi connectivity index (χ1n) is 10.4. The Morgan fingerprint density at radius 1 is 0.879 bits per heavy atom. The van der Waals surface area contributed by atoms with Crippen molar-refractivity contribution < 1.29 is 13.2 Å². The van der Waals surface area contributed by atoms with E-state index in [0.717, 1.165) is 17.0 Å². The van der Waals surface area contributed by atoms with Crippen molar-refractivity contribution in [2.24, 2.45) is 0 Å². The SMILES string of the molecule is Cc1cc(C)n(Cc2cccc(C(=O)Nc3cccc(NS(=O)(=O)c4ccccc4)c3)c2)n1. The van der Waals surface area contributed by atoms with Crippen LogP contribution >= 0.6 is 0 Å². The molecule has 1 aromatic heterocycles. The van der Waals surface area contributed by atoms with E-state index in [1.807, 2.05) is 42.8 Å². The molecule has 0 bridgehead atoms. The molecule has 0 aliphatic heterocycles. The molecule has 4 rings (SSSR count). The first kappa shape index (κ1) is 22.3. The summed E-state index contributed by atoms with van der Waals surface area (Å²) in [7, 11) is -3.72. The molecule has 2 N–H and O–H groups in total. The van der Waals surface area contributed by atoms with Gasteiger partial charge >= 0.3 is 0 Å². The van der Waals surface area contributed by atoms with Gasteiger partial charge in [-0.2, -0.15) is 5.10 Å². The fraction of sp³-hybridized carbons (Fsp3) is 0.120. The summed E-state index contributed by atoms with van der Waals surface area (Å²) in [5.41, 5.74) is 4.30. The summed E-state index contributed by atoms with van der Waals surface area (Å²) in [5.74, 6) is -0.284. The quantitative estimate of drug-likeness (QED) is 0.421. The van der Waals surface area contributed by atoms with E-state index in [-0.39, 0.29) is 10.8 Å². The van der Waals surface area contributed by atoms with Crippen LogP contribution in [0.1, 0.15) is 27.3 Å². The second-order valence-electron chi connectivity index (χ2n) is 7.74. The highest BCUT2D eigenvalue weighted by atomic mass is 32.2. The Bertz CT molecular complexity index is 1400. The van der Waals surface area contributed by atoms with Crippen LogP contribution in [0.2, 0.25) is 0 Å². The molecule has 0 aliphatic rings. The number of aryl methyl sites for hydroxylation is 2. The molecule has 1 amide bonds. The van der Waals surface area contributed by atoms with E-state index in [2.05, 4.69) is 15.1 Å². The van der Waals surface area contributed by atoms with Gasteiger partial charge in [0.15, 0.2) is 0 Å². The lowest BCUT2D eigenvalue weighted by atomic mass is 10.1. The minimum absolute atomic E-state index is 0.166. The second kappa shape index (κ2) is 9.30. The Morgan fingerprint density at radius 2 is 1.61 bits per heavy atom. The van der Waals surface area contributed by atoms with Gasteiger partial charge in [-0.1, -0.05) is 36.4 Å². The summed E-state index contributed by atoms with van der Waals surface area (Å²) in [6.45, 7) is 4.51. The second-order valence-corrected chi connectivity index (χ2v) is 9.42. The number of hydrogen-bond donors (Lipinski definition) is 2. The molecule has 0 fully saturated rings. The maximum absolute atomic E-state index is 12.8. The number of aromatic nitrogens is 2. The molecule has 0 atom stereocenters. The van der Waals surface area contributed by atoms with Gasteiger partial charge in [0.25, 0.3) is 15.9 Å². The van der Waals surface area contributed by atoms with Crippen LogP contribution < -0.4 is 10.0 Å². The molecule has 0 radical (unpaired) electrons. The zero-order valence-electron chi connectivity index (χ0n) is 18.3. The number of anilines is 2. The lowest BCUT2D eigenvalue weighted by Gasteiger charge is -2.11. The summed E-state index contributed by atoms with van der Waals surface area (Å²) >= 11 is 0. The maximum atomic E-state index is 12.8. The lowest BCUT2D eigenvalue weighted by molar-refractivity contribution is 0.102. The third kappa shape index (κ3) is 5.48. The Kier molecular flexibility index (Phi) is 6.28. The zero-order chi connectivity index (χ0) is 23.4. The molecule has 3 aromatic carbocycles. The fourth-order valence-corrected chi connectivity index (χ4v) is 4.57. The number of nitrogens with zero attached hydrogens (tertiary/aromatic N) is 2. The van der Waals surface area contributed by atoms with Gasteiger partial charge in [0.2, 0.25) is 0 Å². The topological polar surface area (TPSA) is 93.1 Å². The van der Waals surface area contributed by atoms with E-state index >= 15 is 0 Å². The van der Waals surface area contributed by atoms with Crippen LogP contribution in [-0.4, -0.2) is 24.1 Å². The van der Waals surface area contributed by atoms with Crippen LogP contribution in [0.25, 0.3) is 0 Å². The number of hydrogen-bond acceptors (Lipinski definition) is 4. The van der Waals surface area contributed by atoms with Gasteiger partial charge in [-0.05, 0) is 67.9 Å². The number of amides is 1. The van der Waals surface area contributed by atoms with Crippen molar-refractivity contribution in [3.05, 3.63) is 107 Å². The molecule has 0 unspecified atom stereocenters. The molecule has 0 spiro atoms.